The summed E-state index contributed by atoms with van der Waals surface area (Å²) in [5, 5.41) is 11.8. The number of rotatable bonds is 7. The van der Waals surface area contributed by atoms with Crippen LogP contribution in [0.2, 0.25) is 5.02 Å². The predicted octanol–water partition coefficient (Wildman–Crippen LogP) is 5.00. The number of esters is 1. The molecule has 1 saturated carbocycles. The first kappa shape index (κ1) is 22.3. The van der Waals surface area contributed by atoms with Crippen molar-refractivity contribution in [3.05, 3.63) is 86.6 Å². The molecule has 8 heteroatoms. The van der Waals surface area contributed by atoms with Gasteiger partial charge in [0.2, 0.25) is 0 Å². The highest BCUT2D eigenvalue weighted by Crippen LogP contribution is 2.61. The Morgan fingerprint density at radius 2 is 1.72 bits per heavy atom. The second kappa shape index (κ2) is 8.56. The average molecular weight is 458 g/mol. The zero-order valence-corrected chi connectivity index (χ0v) is 18.7. The van der Waals surface area contributed by atoms with Crippen LogP contribution < -0.4 is 0 Å². The molecule has 0 aliphatic heterocycles. The van der Waals surface area contributed by atoms with Crippen molar-refractivity contribution in [3.8, 4) is 0 Å². The Labute approximate surface area is 191 Å². The lowest BCUT2D eigenvalue weighted by Gasteiger charge is -2.37. The number of hydrogen-bond acceptors (Lipinski definition) is 6. The molecule has 2 aliphatic rings. The van der Waals surface area contributed by atoms with E-state index < -0.39 is 10.5 Å². The Kier molecular flexibility index (Phi) is 5.97. The van der Waals surface area contributed by atoms with Crippen molar-refractivity contribution < 1.29 is 23.9 Å². The van der Waals surface area contributed by atoms with E-state index in [-0.39, 0.29) is 35.5 Å². The number of benzene rings is 2. The minimum Gasteiger partial charge on any atom is -0.501 e. The molecule has 0 amide bonds. The van der Waals surface area contributed by atoms with Gasteiger partial charge in [0, 0.05) is 43.0 Å². The van der Waals surface area contributed by atoms with Crippen LogP contribution in [0.3, 0.4) is 0 Å². The first-order valence-corrected chi connectivity index (χ1v) is 10.7. The number of non-ortho nitro benzene ring substituents is 1. The van der Waals surface area contributed by atoms with Crippen LogP contribution in [0.25, 0.3) is 0 Å². The number of methoxy groups -OCH3 is 2. The first-order chi connectivity index (χ1) is 15.3. The van der Waals surface area contributed by atoms with Crippen molar-refractivity contribution >= 4 is 23.3 Å². The summed E-state index contributed by atoms with van der Waals surface area (Å²) >= 11 is 6.12. The van der Waals surface area contributed by atoms with Crippen LogP contribution >= 0.6 is 11.6 Å². The number of nitrogens with zero attached hydrogens (tertiary/aromatic N) is 1. The molecule has 2 aromatic rings. The third kappa shape index (κ3) is 3.87. The summed E-state index contributed by atoms with van der Waals surface area (Å²) in [4.78, 5) is 22.3. The molecular weight excluding hydrogens is 434 g/mol. The molecular formula is C24H24ClNO6. The monoisotopic (exact) mass is 457 g/mol. The maximum absolute atomic E-state index is 11.6. The number of nitro benzene ring substituents is 1. The molecule has 2 aliphatic carbocycles. The van der Waals surface area contributed by atoms with Crippen molar-refractivity contribution in [1.29, 1.82) is 0 Å². The van der Waals surface area contributed by atoms with Crippen LogP contribution in [0.15, 0.2) is 60.4 Å². The number of nitro groups is 1. The number of ether oxygens (including phenoxy) is 3. The van der Waals surface area contributed by atoms with Gasteiger partial charge in [-0.2, -0.15) is 0 Å². The van der Waals surface area contributed by atoms with E-state index in [9.17, 15) is 14.9 Å². The highest BCUT2D eigenvalue weighted by atomic mass is 35.5. The number of halogens is 1. The Morgan fingerprint density at radius 3 is 2.25 bits per heavy atom. The van der Waals surface area contributed by atoms with Crippen LogP contribution in [0.4, 0.5) is 5.69 Å². The molecule has 5 atom stereocenters. The van der Waals surface area contributed by atoms with Gasteiger partial charge < -0.3 is 14.2 Å². The number of allylic oxidation sites excluding steroid dienone is 1. The Hall–Kier alpha value is -2.90. The van der Waals surface area contributed by atoms with Crippen molar-refractivity contribution in [2.75, 3.05) is 14.2 Å². The third-order valence-electron chi connectivity index (χ3n) is 6.40. The van der Waals surface area contributed by atoms with E-state index in [2.05, 4.69) is 0 Å². The standard InChI is InChI=1S/C24H24ClNO6/c1-14(27)32-20-12-19(20)24(31-3)13-21(30-2)22(15-4-8-17(25)9-5-15)23(24)16-6-10-18(11-7-16)26(28)29/h4-11,13,19-20,22-23H,12H2,1-3H3/t19-,20+,22-,23+,24?/m1/s1. The maximum Gasteiger partial charge on any atom is 0.302 e. The Balaban J connectivity index is 1.83. The fraction of sp³-hybridized carbons (Fsp3) is 0.375. The molecule has 0 aromatic heterocycles. The first-order valence-electron chi connectivity index (χ1n) is 10.3. The van der Waals surface area contributed by atoms with Gasteiger partial charge in [-0.25, -0.2) is 0 Å². The normalized spacial score (nSPS) is 28.7. The van der Waals surface area contributed by atoms with Gasteiger partial charge >= 0.3 is 5.97 Å². The molecule has 0 radical (unpaired) electrons. The van der Waals surface area contributed by atoms with Gasteiger partial charge in [0.05, 0.1) is 18.0 Å². The highest BCUT2D eigenvalue weighted by Gasteiger charge is 2.63. The molecule has 168 valence electrons. The van der Waals surface area contributed by atoms with Crippen LogP contribution in [0.5, 0.6) is 0 Å². The molecule has 1 fully saturated rings. The highest BCUT2D eigenvalue weighted by molar-refractivity contribution is 6.30. The molecule has 0 saturated heterocycles. The van der Waals surface area contributed by atoms with Gasteiger partial charge in [-0.15, -0.1) is 0 Å². The zero-order chi connectivity index (χ0) is 23.0. The van der Waals surface area contributed by atoms with Gasteiger partial charge in [-0.3, -0.25) is 14.9 Å². The van der Waals surface area contributed by atoms with Crippen molar-refractivity contribution in [1.82, 2.24) is 0 Å². The lowest BCUT2D eigenvalue weighted by molar-refractivity contribution is -0.384. The summed E-state index contributed by atoms with van der Waals surface area (Å²) in [6, 6.07) is 14.0. The summed E-state index contributed by atoms with van der Waals surface area (Å²) in [5.74, 6) is -0.142. The number of hydrogen-bond donors (Lipinski definition) is 0. The SMILES string of the molecule is COC1=CC(OC)([C@@H]2C[C@@H]2OC(C)=O)[C@@H](c2ccc([N+](=O)[O-])cc2)[C@@H]1c1ccc(Cl)cc1. The van der Waals surface area contributed by atoms with E-state index in [1.807, 2.05) is 30.3 Å². The van der Waals surface area contributed by atoms with Crippen molar-refractivity contribution in [3.63, 3.8) is 0 Å². The topological polar surface area (TPSA) is 87.9 Å². The van der Waals surface area contributed by atoms with Crippen LogP contribution in [0.1, 0.15) is 36.3 Å². The van der Waals surface area contributed by atoms with Crippen molar-refractivity contribution in [2.45, 2.75) is 36.9 Å². The third-order valence-corrected chi connectivity index (χ3v) is 6.66. The molecule has 0 N–H and O–H groups in total. The van der Waals surface area contributed by atoms with E-state index in [0.717, 1.165) is 16.9 Å². The lowest BCUT2D eigenvalue weighted by atomic mass is 9.73. The Morgan fingerprint density at radius 1 is 1.09 bits per heavy atom. The van der Waals surface area contributed by atoms with E-state index in [0.29, 0.717) is 11.4 Å². The lowest BCUT2D eigenvalue weighted by Crippen LogP contribution is -2.39. The summed E-state index contributed by atoms with van der Waals surface area (Å²) in [6.07, 6.45) is 2.39. The number of carbonyl (C=O) groups excluding carboxylic acids is 1. The number of carbonyl (C=O) groups is 1. The summed E-state index contributed by atoms with van der Waals surface area (Å²) in [7, 11) is 3.25. The quantitative estimate of drug-likeness (QED) is 0.330. The van der Waals surface area contributed by atoms with E-state index in [1.54, 1.807) is 26.4 Å². The van der Waals surface area contributed by atoms with Crippen molar-refractivity contribution in [2.24, 2.45) is 5.92 Å². The summed E-state index contributed by atoms with van der Waals surface area (Å²) in [5.41, 5.74) is 1.05. The Bertz CT molecular complexity index is 1050. The molecule has 32 heavy (non-hydrogen) atoms. The molecule has 1 unspecified atom stereocenters. The predicted molar refractivity (Wildman–Crippen MR) is 119 cm³/mol. The van der Waals surface area contributed by atoms with Gasteiger partial charge in [-0.05, 0) is 35.8 Å². The van der Waals surface area contributed by atoms with E-state index in [4.69, 9.17) is 25.8 Å². The fourth-order valence-electron chi connectivity index (χ4n) is 4.96. The van der Waals surface area contributed by atoms with Gasteiger partial charge in [0.25, 0.3) is 5.69 Å². The molecule has 0 spiro atoms. The largest absolute Gasteiger partial charge is 0.501 e. The fourth-order valence-corrected chi connectivity index (χ4v) is 5.09. The maximum atomic E-state index is 11.6. The molecule has 0 bridgehead atoms. The second-order valence-corrected chi connectivity index (χ2v) is 8.59. The molecule has 2 aromatic carbocycles. The van der Waals surface area contributed by atoms with Gasteiger partial charge in [0.1, 0.15) is 17.5 Å². The van der Waals surface area contributed by atoms with Crippen LogP contribution in [0, 0.1) is 16.0 Å². The molecule has 0 heterocycles. The van der Waals surface area contributed by atoms with Gasteiger partial charge in [-0.1, -0.05) is 35.9 Å². The van der Waals surface area contributed by atoms with Gasteiger partial charge in [0.15, 0.2) is 0 Å². The second-order valence-electron chi connectivity index (χ2n) is 8.15. The minimum absolute atomic E-state index is 0.0157. The van der Waals surface area contributed by atoms with E-state index >= 15 is 0 Å². The average Bonchev–Trinajstić information content (AvgIpc) is 3.45. The summed E-state index contributed by atoms with van der Waals surface area (Å²) < 4.78 is 17.5. The zero-order valence-electron chi connectivity index (χ0n) is 18.0. The minimum atomic E-state index is -0.814. The van der Waals surface area contributed by atoms with E-state index in [1.165, 1.54) is 19.1 Å². The molecule has 7 nitrogen and oxygen atoms in total. The molecule has 4 rings (SSSR count). The smallest absolute Gasteiger partial charge is 0.302 e. The summed E-state index contributed by atoms with van der Waals surface area (Å²) in [6.45, 7) is 1.39. The van der Waals surface area contributed by atoms with Crippen LogP contribution in [-0.4, -0.2) is 36.8 Å². The van der Waals surface area contributed by atoms with Crippen LogP contribution in [-0.2, 0) is 19.0 Å².